The highest BCUT2D eigenvalue weighted by atomic mass is 16.6. The molecule has 1 heterocycles. The van der Waals surface area contributed by atoms with Crippen LogP contribution in [-0.2, 0) is 0 Å². The van der Waals surface area contributed by atoms with Gasteiger partial charge in [0.15, 0.2) is 5.78 Å². The average molecular weight is 324 g/mol. The van der Waals surface area contributed by atoms with Crippen LogP contribution in [0.2, 0.25) is 0 Å². The number of aryl methyl sites for hydroxylation is 1. The highest BCUT2D eigenvalue weighted by Gasteiger charge is 2.37. The molecule has 7 heteroatoms. The number of rotatable bonds is 4. The summed E-state index contributed by atoms with van der Waals surface area (Å²) in [4.78, 5) is 47.9. The summed E-state index contributed by atoms with van der Waals surface area (Å²) in [5.74, 6) is -1.69. The number of carbonyl (C=O) groups excluding carboxylic acids is 3. The molecule has 0 aromatic heterocycles. The SMILES string of the molecule is Cc1ccc(C(=O)CN2C(=O)c3ccc([N+](=O)[O-])cc3C2=O)cc1. The van der Waals surface area contributed by atoms with Crippen molar-refractivity contribution < 1.29 is 19.3 Å². The van der Waals surface area contributed by atoms with Gasteiger partial charge >= 0.3 is 0 Å². The van der Waals surface area contributed by atoms with Crippen LogP contribution < -0.4 is 0 Å². The van der Waals surface area contributed by atoms with E-state index in [-0.39, 0.29) is 22.6 Å². The summed E-state index contributed by atoms with van der Waals surface area (Å²) in [5.41, 5.74) is 1.12. The van der Waals surface area contributed by atoms with E-state index in [1.54, 1.807) is 24.3 Å². The van der Waals surface area contributed by atoms with Crippen molar-refractivity contribution in [2.75, 3.05) is 6.54 Å². The van der Waals surface area contributed by atoms with Crippen molar-refractivity contribution >= 4 is 23.3 Å². The van der Waals surface area contributed by atoms with Gasteiger partial charge in [0, 0.05) is 17.7 Å². The number of non-ortho nitro benzene ring substituents is 1. The topological polar surface area (TPSA) is 97.6 Å². The van der Waals surface area contributed by atoms with Crippen LogP contribution in [0.3, 0.4) is 0 Å². The van der Waals surface area contributed by atoms with Crippen molar-refractivity contribution in [1.82, 2.24) is 4.90 Å². The van der Waals surface area contributed by atoms with E-state index in [4.69, 9.17) is 0 Å². The van der Waals surface area contributed by atoms with Gasteiger partial charge in [-0.15, -0.1) is 0 Å². The van der Waals surface area contributed by atoms with Gasteiger partial charge in [0.1, 0.15) is 0 Å². The van der Waals surface area contributed by atoms with Gasteiger partial charge in [-0.1, -0.05) is 29.8 Å². The number of nitro benzene ring substituents is 1. The molecule has 7 nitrogen and oxygen atoms in total. The van der Waals surface area contributed by atoms with Crippen molar-refractivity contribution in [2.45, 2.75) is 6.92 Å². The van der Waals surface area contributed by atoms with Gasteiger partial charge in [0.05, 0.1) is 22.6 Å². The smallest absolute Gasteiger partial charge is 0.270 e. The van der Waals surface area contributed by atoms with E-state index in [0.29, 0.717) is 5.56 Å². The summed E-state index contributed by atoms with van der Waals surface area (Å²) in [6, 6.07) is 10.2. The van der Waals surface area contributed by atoms with Crippen molar-refractivity contribution in [3.05, 3.63) is 74.8 Å². The molecule has 0 fully saturated rings. The molecule has 1 aliphatic rings. The number of Topliss-reactive ketones (excluding diaryl/α,β-unsaturated/α-hetero) is 1. The third-order valence-electron chi connectivity index (χ3n) is 3.84. The maximum atomic E-state index is 12.3. The standard InChI is InChI=1S/C17H12N2O5/c1-10-2-4-11(5-3-10)15(20)9-18-16(21)13-7-6-12(19(23)24)8-14(13)17(18)22/h2-8H,9H2,1H3. The van der Waals surface area contributed by atoms with Gasteiger partial charge in [-0.05, 0) is 13.0 Å². The van der Waals surface area contributed by atoms with Crippen LogP contribution in [-0.4, -0.2) is 34.0 Å². The Morgan fingerprint density at radius 1 is 1.04 bits per heavy atom. The van der Waals surface area contributed by atoms with E-state index >= 15 is 0 Å². The Labute approximate surface area is 136 Å². The molecule has 0 bridgehead atoms. The zero-order valence-corrected chi connectivity index (χ0v) is 12.7. The molecule has 3 rings (SSSR count). The molecule has 120 valence electrons. The van der Waals surface area contributed by atoms with Crippen molar-refractivity contribution in [1.29, 1.82) is 0 Å². The number of ketones is 1. The molecule has 1 aliphatic heterocycles. The minimum Gasteiger partial charge on any atom is -0.292 e. The molecule has 2 aromatic carbocycles. The Morgan fingerprint density at radius 2 is 1.67 bits per heavy atom. The van der Waals surface area contributed by atoms with Crippen LogP contribution in [0, 0.1) is 17.0 Å². The zero-order valence-electron chi connectivity index (χ0n) is 12.7. The fourth-order valence-electron chi connectivity index (χ4n) is 2.51. The number of amides is 2. The highest BCUT2D eigenvalue weighted by molar-refractivity contribution is 6.23. The Kier molecular flexibility index (Phi) is 3.69. The molecular weight excluding hydrogens is 312 g/mol. The van der Waals surface area contributed by atoms with Crippen molar-refractivity contribution in [3.63, 3.8) is 0 Å². The quantitative estimate of drug-likeness (QED) is 0.372. The second-order valence-corrected chi connectivity index (χ2v) is 5.47. The Morgan fingerprint density at radius 3 is 2.29 bits per heavy atom. The number of imide groups is 1. The van der Waals surface area contributed by atoms with E-state index in [9.17, 15) is 24.5 Å². The highest BCUT2D eigenvalue weighted by Crippen LogP contribution is 2.27. The largest absolute Gasteiger partial charge is 0.292 e. The lowest BCUT2D eigenvalue weighted by molar-refractivity contribution is -0.384. The van der Waals surface area contributed by atoms with Gasteiger partial charge in [-0.3, -0.25) is 29.4 Å². The molecule has 0 saturated heterocycles. The summed E-state index contributed by atoms with van der Waals surface area (Å²) in [7, 11) is 0. The average Bonchev–Trinajstić information content (AvgIpc) is 2.80. The number of nitro groups is 1. The van der Waals surface area contributed by atoms with Crippen molar-refractivity contribution in [2.24, 2.45) is 0 Å². The molecule has 2 aromatic rings. The first-order valence-electron chi connectivity index (χ1n) is 7.13. The zero-order chi connectivity index (χ0) is 17.4. The number of carbonyl (C=O) groups is 3. The molecule has 0 aliphatic carbocycles. The molecule has 0 unspecified atom stereocenters. The monoisotopic (exact) mass is 324 g/mol. The molecule has 0 atom stereocenters. The normalized spacial score (nSPS) is 13.1. The predicted molar refractivity (Wildman–Crippen MR) is 84.0 cm³/mol. The first-order valence-corrected chi connectivity index (χ1v) is 7.13. The molecule has 0 N–H and O–H groups in total. The number of hydrogen-bond donors (Lipinski definition) is 0. The summed E-state index contributed by atoms with van der Waals surface area (Å²) in [6.07, 6.45) is 0. The predicted octanol–water partition coefficient (Wildman–Crippen LogP) is 2.38. The maximum absolute atomic E-state index is 12.3. The minimum absolute atomic E-state index is 0.0501. The lowest BCUT2D eigenvalue weighted by Crippen LogP contribution is -2.34. The van der Waals surface area contributed by atoms with Crippen LogP contribution in [0.15, 0.2) is 42.5 Å². The minimum atomic E-state index is -0.695. The molecule has 0 saturated carbocycles. The van der Waals surface area contributed by atoms with Gasteiger partial charge in [-0.25, -0.2) is 0 Å². The van der Waals surface area contributed by atoms with Crippen LogP contribution in [0.5, 0.6) is 0 Å². The van der Waals surface area contributed by atoms with Crippen LogP contribution in [0.25, 0.3) is 0 Å². The second-order valence-electron chi connectivity index (χ2n) is 5.47. The maximum Gasteiger partial charge on any atom is 0.270 e. The molecular formula is C17H12N2O5. The van der Waals surface area contributed by atoms with E-state index in [2.05, 4.69) is 0 Å². The molecule has 0 spiro atoms. The fraction of sp³-hybridized carbons (Fsp3) is 0.118. The fourth-order valence-corrected chi connectivity index (χ4v) is 2.51. The number of hydrogen-bond acceptors (Lipinski definition) is 5. The van der Waals surface area contributed by atoms with Gasteiger partial charge in [0.25, 0.3) is 17.5 Å². The number of nitrogens with zero attached hydrogens (tertiary/aromatic N) is 2. The number of fused-ring (bicyclic) bond motifs is 1. The summed E-state index contributed by atoms with van der Waals surface area (Å²) >= 11 is 0. The van der Waals surface area contributed by atoms with Crippen LogP contribution in [0.1, 0.15) is 36.6 Å². The Balaban J connectivity index is 1.86. The first kappa shape index (κ1) is 15.5. The summed E-state index contributed by atoms with van der Waals surface area (Å²) in [6.45, 7) is 1.48. The molecule has 2 amide bonds. The Bertz CT molecular complexity index is 886. The summed E-state index contributed by atoms with van der Waals surface area (Å²) < 4.78 is 0. The third-order valence-corrected chi connectivity index (χ3v) is 3.84. The van der Waals surface area contributed by atoms with Gasteiger partial charge < -0.3 is 0 Å². The molecule has 24 heavy (non-hydrogen) atoms. The van der Waals surface area contributed by atoms with Crippen molar-refractivity contribution in [3.8, 4) is 0 Å². The van der Waals surface area contributed by atoms with Gasteiger partial charge in [-0.2, -0.15) is 0 Å². The lowest BCUT2D eigenvalue weighted by atomic mass is 10.1. The van der Waals surface area contributed by atoms with E-state index in [0.717, 1.165) is 22.6 Å². The Hall–Kier alpha value is -3.35. The van der Waals surface area contributed by atoms with E-state index < -0.39 is 23.3 Å². The van der Waals surface area contributed by atoms with Crippen LogP contribution in [0.4, 0.5) is 5.69 Å². The van der Waals surface area contributed by atoms with Crippen LogP contribution >= 0.6 is 0 Å². The first-order chi connectivity index (χ1) is 11.4. The van der Waals surface area contributed by atoms with E-state index in [1.807, 2.05) is 6.92 Å². The third kappa shape index (κ3) is 2.56. The lowest BCUT2D eigenvalue weighted by Gasteiger charge is -2.12. The number of benzene rings is 2. The summed E-state index contributed by atoms with van der Waals surface area (Å²) in [5, 5.41) is 10.8. The second kappa shape index (κ2) is 5.69. The van der Waals surface area contributed by atoms with Gasteiger partial charge in [0.2, 0.25) is 0 Å². The van der Waals surface area contributed by atoms with E-state index in [1.165, 1.54) is 6.07 Å². The molecule has 0 radical (unpaired) electrons.